The molecule has 0 spiro atoms. The van der Waals surface area contributed by atoms with Crippen LogP contribution in [0.15, 0.2) is 0 Å². The molecule has 0 aliphatic heterocycles. The van der Waals surface area contributed by atoms with E-state index in [1.165, 1.54) is 25.7 Å². The first kappa shape index (κ1) is 14.9. The van der Waals surface area contributed by atoms with E-state index in [0.29, 0.717) is 17.3 Å². The third-order valence-corrected chi connectivity index (χ3v) is 4.28. The minimum atomic E-state index is -0.153. The van der Waals surface area contributed by atoms with Crippen molar-refractivity contribution in [3.8, 4) is 0 Å². The number of aromatic nitrogens is 2. The van der Waals surface area contributed by atoms with Crippen molar-refractivity contribution in [2.24, 2.45) is 11.8 Å². The first-order chi connectivity index (χ1) is 9.61. The molecular weight excluding hydrogens is 252 g/mol. The van der Waals surface area contributed by atoms with Gasteiger partial charge in [0.15, 0.2) is 5.69 Å². The van der Waals surface area contributed by atoms with Crippen molar-refractivity contribution < 1.29 is 4.79 Å². The second kappa shape index (κ2) is 6.77. The van der Waals surface area contributed by atoms with E-state index in [1.54, 1.807) is 0 Å². The van der Waals surface area contributed by atoms with Gasteiger partial charge in [-0.15, -0.1) is 0 Å². The molecule has 1 saturated carbocycles. The number of aryl methyl sites for hydroxylation is 1. The quantitative estimate of drug-likeness (QED) is 0.773. The molecule has 1 aliphatic carbocycles. The summed E-state index contributed by atoms with van der Waals surface area (Å²) < 4.78 is 0. The fourth-order valence-electron chi connectivity index (χ4n) is 2.85. The zero-order valence-electron chi connectivity index (χ0n) is 12.5. The van der Waals surface area contributed by atoms with Crippen molar-refractivity contribution in [2.45, 2.75) is 52.4 Å². The number of hydrogen-bond acceptors (Lipinski definition) is 3. The fraction of sp³-hybridized carbons (Fsp3) is 0.733. The number of anilines is 1. The number of carbonyl (C=O) groups excluding carboxylic acids is 1. The molecule has 1 aromatic heterocycles. The second-order valence-electron chi connectivity index (χ2n) is 6.05. The molecule has 5 heteroatoms. The number of nitrogens with one attached hydrogen (secondary N) is 2. The summed E-state index contributed by atoms with van der Waals surface area (Å²) in [6.07, 6.45) is 6.76. The standard InChI is InChI=1S/C15H26N4O/c1-3-4-12-13(16)14(19-18-12)15(20)17-9-11-7-5-10(2)6-8-11/h10-11H,3-9,16H2,1-2H3,(H,17,20)(H,18,19). The van der Waals surface area contributed by atoms with Crippen LogP contribution in [0, 0.1) is 11.8 Å². The SMILES string of the molecule is CCCc1[nH]nc(C(=O)NCC2CCC(C)CC2)c1N. The highest BCUT2D eigenvalue weighted by Crippen LogP contribution is 2.27. The summed E-state index contributed by atoms with van der Waals surface area (Å²) in [5, 5.41) is 9.89. The van der Waals surface area contributed by atoms with Crippen LogP contribution in [-0.4, -0.2) is 22.6 Å². The number of amides is 1. The van der Waals surface area contributed by atoms with E-state index >= 15 is 0 Å². The van der Waals surface area contributed by atoms with Gasteiger partial charge in [-0.05, 0) is 31.1 Å². The van der Waals surface area contributed by atoms with Gasteiger partial charge in [0.2, 0.25) is 0 Å². The Balaban J connectivity index is 1.85. The van der Waals surface area contributed by atoms with Crippen molar-refractivity contribution in [2.75, 3.05) is 12.3 Å². The minimum Gasteiger partial charge on any atom is -0.395 e. The zero-order chi connectivity index (χ0) is 14.5. The smallest absolute Gasteiger partial charge is 0.273 e. The lowest BCUT2D eigenvalue weighted by Crippen LogP contribution is -2.31. The van der Waals surface area contributed by atoms with E-state index in [1.807, 2.05) is 0 Å². The van der Waals surface area contributed by atoms with E-state index in [-0.39, 0.29) is 5.91 Å². The van der Waals surface area contributed by atoms with E-state index in [9.17, 15) is 4.79 Å². The Kier molecular flexibility index (Phi) is 5.04. The van der Waals surface area contributed by atoms with E-state index < -0.39 is 0 Å². The summed E-state index contributed by atoms with van der Waals surface area (Å²) in [6.45, 7) is 5.11. The number of nitrogens with two attached hydrogens (primary N) is 1. The summed E-state index contributed by atoms with van der Waals surface area (Å²) in [5.41, 5.74) is 7.67. The predicted molar refractivity (Wildman–Crippen MR) is 80.5 cm³/mol. The lowest BCUT2D eigenvalue weighted by molar-refractivity contribution is 0.0937. The normalized spacial score (nSPS) is 22.7. The van der Waals surface area contributed by atoms with Crippen LogP contribution in [0.1, 0.15) is 62.1 Å². The Morgan fingerprint density at radius 2 is 2.10 bits per heavy atom. The Labute approximate surface area is 120 Å². The molecule has 0 atom stereocenters. The van der Waals surface area contributed by atoms with E-state index in [0.717, 1.165) is 31.0 Å². The molecule has 0 radical (unpaired) electrons. The molecule has 1 aliphatic rings. The highest BCUT2D eigenvalue weighted by atomic mass is 16.1. The topological polar surface area (TPSA) is 83.8 Å². The van der Waals surface area contributed by atoms with Gasteiger partial charge in [-0.25, -0.2) is 0 Å². The Morgan fingerprint density at radius 1 is 1.40 bits per heavy atom. The lowest BCUT2D eigenvalue weighted by Gasteiger charge is -2.26. The average molecular weight is 278 g/mol. The number of rotatable bonds is 5. The molecule has 1 fully saturated rings. The highest BCUT2D eigenvalue weighted by Gasteiger charge is 2.21. The molecule has 112 valence electrons. The van der Waals surface area contributed by atoms with Crippen LogP contribution >= 0.6 is 0 Å². The minimum absolute atomic E-state index is 0.153. The molecule has 0 saturated heterocycles. The van der Waals surface area contributed by atoms with Crippen LogP contribution in [-0.2, 0) is 6.42 Å². The predicted octanol–water partition coefficient (Wildman–Crippen LogP) is 2.50. The monoisotopic (exact) mass is 278 g/mol. The van der Waals surface area contributed by atoms with Crippen LogP contribution < -0.4 is 11.1 Å². The third kappa shape index (κ3) is 3.52. The van der Waals surface area contributed by atoms with Gasteiger partial charge >= 0.3 is 0 Å². The van der Waals surface area contributed by atoms with Crippen molar-refractivity contribution in [3.05, 3.63) is 11.4 Å². The van der Waals surface area contributed by atoms with Gasteiger partial charge in [-0.1, -0.05) is 33.1 Å². The summed E-state index contributed by atoms with van der Waals surface area (Å²) >= 11 is 0. The zero-order valence-corrected chi connectivity index (χ0v) is 12.5. The van der Waals surface area contributed by atoms with Crippen molar-refractivity contribution in [1.82, 2.24) is 15.5 Å². The molecule has 0 aromatic carbocycles. The highest BCUT2D eigenvalue weighted by molar-refractivity contribution is 5.97. The summed E-state index contributed by atoms with van der Waals surface area (Å²) in [6, 6.07) is 0. The molecular formula is C15H26N4O. The number of nitrogens with zero attached hydrogens (tertiary/aromatic N) is 1. The molecule has 1 amide bonds. The van der Waals surface area contributed by atoms with Gasteiger partial charge in [0.05, 0.1) is 11.4 Å². The lowest BCUT2D eigenvalue weighted by atomic mass is 9.83. The van der Waals surface area contributed by atoms with Crippen LogP contribution in [0.2, 0.25) is 0 Å². The summed E-state index contributed by atoms with van der Waals surface area (Å²) in [7, 11) is 0. The van der Waals surface area contributed by atoms with E-state index in [4.69, 9.17) is 5.73 Å². The number of aromatic amines is 1. The Morgan fingerprint density at radius 3 is 2.75 bits per heavy atom. The molecule has 5 nitrogen and oxygen atoms in total. The second-order valence-corrected chi connectivity index (χ2v) is 6.05. The molecule has 1 aromatic rings. The molecule has 0 bridgehead atoms. The third-order valence-electron chi connectivity index (χ3n) is 4.28. The largest absolute Gasteiger partial charge is 0.395 e. The molecule has 1 heterocycles. The molecule has 20 heavy (non-hydrogen) atoms. The fourth-order valence-corrected chi connectivity index (χ4v) is 2.85. The number of H-pyrrole nitrogens is 1. The van der Waals surface area contributed by atoms with Crippen molar-refractivity contribution >= 4 is 11.6 Å². The van der Waals surface area contributed by atoms with Gasteiger partial charge in [-0.2, -0.15) is 5.10 Å². The van der Waals surface area contributed by atoms with Crippen LogP contribution in [0.5, 0.6) is 0 Å². The van der Waals surface area contributed by atoms with Gasteiger partial charge in [0, 0.05) is 6.54 Å². The average Bonchev–Trinajstić information content (AvgIpc) is 2.80. The summed E-state index contributed by atoms with van der Waals surface area (Å²) in [5.74, 6) is 1.28. The maximum absolute atomic E-state index is 12.1. The molecule has 2 rings (SSSR count). The Bertz CT molecular complexity index is 447. The van der Waals surface area contributed by atoms with Crippen molar-refractivity contribution in [3.63, 3.8) is 0 Å². The Hall–Kier alpha value is -1.52. The van der Waals surface area contributed by atoms with Crippen LogP contribution in [0.4, 0.5) is 5.69 Å². The maximum atomic E-state index is 12.1. The number of hydrogen-bond donors (Lipinski definition) is 3. The van der Waals surface area contributed by atoms with Gasteiger partial charge < -0.3 is 11.1 Å². The first-order valence-corrected chi connectivity index (χ1v) is 7.72. The van der Waals surface area contributed by atoms with Gasteiger partial charge in [-0.3, -0.25) is 9.89 Å². The molecule has 0 unspecified atom stereocenters. The summed E-state index contributed by atoms with van der Waals surface area (Å²) in [4.78, 5) is 12.1. The van der Waals surface area contributed by atoms with Gasteiger partial charge in [0.25, 0.3) is 5.91 Å². The van der Waals surface area contributed by atoms with Gasteiger partial charge in [0.1, 0.15) is 0 Å². The maximum Gasteiger partial charge on any atom is 0.273 e. The first-order valence-electron chi connectivity index (χ1n) is 7.72. The number of nitrogen functional groups attached to an aromatic ring is 1. The molecule has 4 N–H and O–H groups in total. The van der Waals surface area contributed by atoms with Crippen molar-refractivity contribution in [1.29, 1.82) is 0 Å². The number of carbonyl (C=O) groups is 1. The van der Waals surface area contributed by atoms with E-state index in [2.05, 4.69) is 29.4 Å². The van der Waals surface area contributed by atoms with Crippen LogP contribution in [0.25, 0.3) is 0 Å². The van der Waals surface area contributed by atoms with Crippen LogP contribution in [0.3, 0.4) is 0 Å².